The van der Waals surface area contributed by atoms with E-state index >= 15 is 0 Å². The highest BCUT2D eigenvalue weighted by molar-refractivity contribution is 6.08. The van der Waals surface area contributed by atoms with Gasteiger partial charge in [0.05, 0.1) is 11.3 Å². The van der Waals surface area contributed by atoms with E-state index in [-0.39, 0.29) is 23.4 Å². The molecular formula is C23H19FN10O. The third-order valence-electron chi connectivity index (χ3n) is 6.20. The summed E-state index contributed by atoms with van der Waals surface area (Å²) in [6, 6.07) is 6.22. The van der Waals surface area contributed by atoms with Crippen LogP contribution in [-0.4, -0.2) is 45.2 Å². The van der Waals surface area contributed by atoms with E-state index in [1.807, 2.05) is 4.40 Å². The standard InChI is InChI=1S/C23H19FN10O/c1-23(16-11-33(2)32-31-16)17-18(25)28-19(29-20(17)30-22(23)35)15-10-34-8-7-26-21(34)14(27-15)9-12-3-5-13(24)6-4-12/h3-8,10-11H,9H2,1-2H3,(H3,25,28,29,30,35). The van der Waals surface area contributed by atoms with Crippen LogP contribution in [0.25, 0.3) is 17.2 Å². The first-order valence-electron chi connectivity index (χ1n) is 10.8. The molecule has 1 amide bonds. The highest BCUT2D eigenvalue weighted by Gasteiger charge is 2.49. The molecule has 0 aliphatic carbocycles. The molecule has 11 nitrogen and oxygen atoms in total. The number of hydrogen-bond donors (Lipinski definition) is 2. The average molecular weight is 470 g/mol. The predicted molar refractivity (Wildman–Crippen MR) is 124 cm³/mol. The molecule has 0 bridgehead atoms. The number of fused-ring (bicyclic) bond motifs is 2. The Hall–Kier alpha value is -4.74. The fraction of sp³-hybridized carbons (Fsp3) is 0.174. The van der Waals surface area contributed by atoms with Gasteiger partial charge in [-0.1, -0.05) is 17.3 Å². The van der Waals surface area contributed by atoms with Crippen molar-refractivity contribution in [3.63, 3.8) is 0 Å². The number of nitrogens with zero attached hydrogens (tertiary/aromatic N) is 8. The maximum absolute atomic E-state index is 13.4. The number of imidazole rings is 1. The third kappa shape index (κ3) is 3.21. The quantitative estimate of drug-likeness (QED) is 0.406. The van der Waals surface area contributed by atoms with Crippen LogP contribution in [0.15, 0.2) is 49.1 Å². The second kappa shape index (κ2) is 7.38. The van der Waals surface area contributed by atoms with Gasteiger partial charge in [0.25, 0.3) is 0 Å². The highest BCUT2D eigenvalue weighted by Crippen LogP contribution is 2.44. The molecule has 0 saturated carbocycles. The van der Waals surface area contributed by atoms with Crippen molar-refractivity contribution in [2.75, 3.05) is 11.1 Å². The number of rotatable bonds is 4. The van der Waals surface area contributed by atoms with Crippen molar-refractivity contribution >= 4 is 23.2 Å². The van der Waals surface area contributed by atoms with Crippen molar-refractivity contribution in [3.8, 4) is 11.5 Å². The van der Waals surface area contributed by atoms with Crippen LogP contribution in [0.3, 0.4) is 0 Å². The molecule has 4 aromatic heterocycles. The minimum Gasteiger partial charge on any atom is -0.383 e. The van der Waals surface area contributed by atoms with Crippen LogP contribution in [0.5, 0.6) is 0 Å². The van der Waals surface area contributed by atoms with Gasteiger partial charge in [-0.2, -0.15) is 0 Å². The topological polar surface area (TPSA) is 142 Å². The fourth-order valence-corrected chi connectivity index (χ4v) is 4.36. The number of anilines is 2. The monoisotopic (exact) mass is 470 g/mol. The predicted octanol–water partition coefficient (Wildman–Crippen LogP) is 1.88. The summed E-state index contributed by atoms with van der Waals surface area (Å²) in [6.07, 6.45) is 7.29. The average Bonchev–Trinajstić information content (AvgIpc) is 3.54. The number of aryl methyl sites for hydroxylation is 1. The molecule has 5 aromatic rings. The number of carbonyl (C=O) groups excluding carboxylic acids is 1. The molecule has 174 valence electrons. The van der Waals surface area contributed by atoms with Crippen LogP contribution in [0, 0.1) is 5.82 Å². The van der Waals surface area contributed by atoms with E-state index in [1.54, 1.807) is 50.9 Å². The molecule has 1 aromatic carbocycles. The fourth-order valence-electron chi connectivity index (χ4n) is 4.36. The molecule has 1 unspecified atom stereocenters. The third-order valence-corrected chi connectivity index (χ3v) is 6.20. The Morgan fingerprint density at radius 1 is 1.14 bits per heavy atom. The van der Waals surface area contributed by atoms with Gasteiger partial charge in [-0.25, -0.2) is 24.3 Å². The number of amides is 1. The van der Waals surface area contributed by atoms with Crippen molar-refractivity contribution in [2.45, 2.75) is 18.8 Å². The molecule has 0 saturated heterocycles. The largest absolute Gasteiger partial charge is 0.383 e. The van der Waals surface area contributed by atoms with E-state index in [2.05, 4.69) is 30.6 Å². The van der Waals surface area contributed by atoms with Crippen molar-refractivity contribution in [3.05, 3.63) is 77.4 Å². The van der Waals surface area contributed by atoms with Crippen LogP contribution < -0.4 is 11.1 Å². The summed E-state index contributed by atoms with van der Waals surface area (Å²) < 4.78 is 16.7. The SMILES string of the molecule is Cn1cc(C2(C)C(=O)Nc3nc(-c4cn5ccnc5c(Cc5ccc(F)cc5)n4)nc(N)c32)nn1. The molecule has 6 rings (SSSR count). The second-order valence-corrected chi connectivity index (χ2v) is 8.55. The summed E-state index contributed by atoms with van der Waals surface area (Å²) >= 11 is 0. The van der Waals surface area contributed by atoms with Gasteiger partial charge < -0.3 is 15.5 Å². The lowest BCUT2D eigenvalue weighted by molar-refractivity contribution is -0.119. The smallest absolute Gasteiger partial charge is 0.242 e. The van der Waals surface area contributed by atoms with Gasteiger partial charge in [0.2, 0.25) is 5.91 Å². The summed E-state index contributed by atoms with van der Waals surface area (Å²) in [7, 11) is 1.72. The number of nitrogens with two attached hydrogens (primary N) is 1. The lowest BCUT2D eigenvalue weighted by Crippen LogP contribution is -2.33. The van der Waals surface area contributed by atoms with Gasteiger partial charge in [0.15, 0.2) is 11.5 Å². The molecule has 3 N–H and O–H groups in total. The molecule has 12 heteroatoms. The van der Waals surface area contributed by atoms with Crippen LogP contribution >= 0.6 is 0 Å². The zero-order valence-electron chi connectivity index (χ0n) is 18.8. The van der Waals surface area contributed by atoms with Gasteiger partial charge in [-0.15, -0.1) is 5.10 Å². The summed E-state index contributed by atoms with van der Waals surface area (Å²) in [5.41, 5.74) is 8.74. The maximum Gasteiger partial charge on any atom is 0.242 e. The van der Waals surface area contributed by atoms with Gasteiger partial charge in [0.1, 0.15) is 34.3 Å². The van der Waals surface area contributed by atoms with Crippen LogP contribution in [0.1, 0.15) is 29.4 Å². The first kappa shape index (κ1) is 20.8. The Morgan fingerprint density at radius 2 is 1.94 bits per heavy atom. The van der Waals surface area contributed by atoms with E-state index in [1.165, 1.54) is 16.8 Å². The number of carbonyl (C=O) groups is 1. The van der Waals surface area contributed by atoms with Gasteiger partial charge >= 0.3 is 0 Å². The summed E-state index contributed by atoms with van der Waals surface area (Å²) in [5.74, 6) is 0.0726. The Kier molecular flexibility index (Phi) is 4.40. The summed E-state index contributed by atoms with van der Waals surface area (Å²) in [6.45, 7) is 1.72. The summed E-state index contributed by atoms with van der Waals surface area (Å²) in [5, 5.41) is 10.9. The van der Waals surface area contributed by atoms with E-state index in [0.29, 0.717) is 40.5 Å². The maximum atomic E-state index is 13.4. The number of aromatic nitrogens is 8. The van der Waals surface area contributed by atoms with E-state index in [0.717, 1.165) is 5.56 Å². The molecule has 0 radical (unpaired) electrons. The van der Waals surface area contributed by atoms with Gasteiger partial charge in [-0.3, -0.25) is 9.48 Å². The molecule has 0 fully saturated rings. The zero-order chi connectivity index (χ0) is 24.3. The van der Waals surface area contributed by atoms with Crippen LogP contribution in [0.4, 0.5) is 16.0 Å². The first-order chi connectivity index (χ1) is 16.8. The van der Waals surface area contributed by atoms with Crippen LogP contribution in [-0.2, 0) is 23.7 Å². The Labute approximate surface area is 197 Å². The molecule has 0 spiro atoms. The van der Waals surface area contributed by atoms with E-state index in [4.69, 9.17) is 10.7 Å². The molecule has 5 heterocycles. The van der Waals surface area contributed by atoms with Gasteiger partial charge in [-0.05, 0) is 24.6 Å². The normalized spacial score (nSPS) is 17.1. The minimum absolute atomic E-state index is 0.143. The van der Waals surface area contributed by atoms with E-state index in [9.17, 15) is 9.18 Å². The van der Waals surface area contributed by atoms with Crippen molar-refractivity contribution in [2.24, 2.45) is 7.05 Å². The minimum atomic E-state index is -1.18. The lowest BCUT2D eigenvalue weighted by atomic mass is 9.81. The number of hydrogen-bond acceptors (Lipinski definition) is 8. The number of nitrogens with one attached hydrogen (secondary N) is 1. The van der Waals surface area contributed by atoms with Crippen LogP contribution in [0.2, 0.25) is 0 Å². The van der Waals surface area contributed by atoms with Gasteiger partial charge in [0, 0.05) is 38.3 Å². The first-order valence-corrected chi connectivity index (χ1v) is 10.8. The van der Waals surface area contributed by atoms with Crippen molar-refractivity contribution in [1.29, 1.82) is 0 Å². The highest BCUT2D eigenvalue weighted by atomic mass is 19.1. The molecule has 1 aliphatic rings. The Balaban J connectivity index is 1.46. The molecule has 35 heavy (non-hydrogen) atoms. The molecule has 1 atom stereocenters. The number of halogens is 1. The second-order valence-electron chi connectivity index (χ2n) is 8.55. The summed E-state index contributed by atoms with van der Waals surface area (Å²) in [4.78, 5) is 31.3. The van der Waals surface area contributed by atoms with E-state index < -0.39 is 5.41 Å². The lowest BCUT2D eigenvalue weighted by Gasteiger charge is -2.19. The molecule has 1 aliphatic heterocycles. The Bertz CT molecular complexity index is 1620. The van der Waals surface area contributed by atoms with Crippen molar-refractivity contribution < 1.29 is 9.18 Å². The van der Waals surface area contributed by atoms with Crippen molar-refractivity contribution in [1.82, 2.24) is 39.3 Å². The number of nitrogen functional groups attached to an aromatic ring is 1. The molecular weight excluding hydrogens is 451 g/mol. The Morgan fingerprint density at radius 3 is 2.69 bits per heavy atom. The zero-order valence-corrected chi connectivity index (χ0v) is 18.8. The number of benzene rings is 1.